The van der Waals surface area contributed by atoms with Crippen LogP contribution in [0.4, 0.5) is 13.2 Å². The zero-order valence-electron chi connectivity index (χ0n) is 12.6. The highest BCUT2D eigenvalue weighted by molar-refractivity contribution is 7.19. The summed E-state index contributed by atoms with van der Waals surface area (Å²) in [6, 6.07) is 3.90. The molecule has 3 aromatic rings. The summed E-state index contributed by atoms with van der Waals surface area (Å²) in [6.07, 6.45) is 0.476. The Morgan fingerprint density at radius 1 is 1.39 bits per heavy atom. The summed E-state index contributed by atoms with van der Waals surface area (Å²) in [7, 11) is 1.49. The van der Waals surface area contributed by atoms with Crippen LogP contribution in [0.1, 0.15) is 29.1 Å². The topological polar surface area (TPSA) is 42.7 Å². The van der Waals surface area contributed by atoms with E-state index < -0.39 is 11.9 Å². The minimum absolute atomic E-state index is 0.0614. The quantitative estimate of drug-likeness (QED) is 0.783. The zero-order chi connectivity index (χ0) is 16.6. The van der Waals surface area contributed by atoms with E-state index in [4.69, 9.17) is 0 Å². The first-order chi connectivity index (χ1) is 10.8. The van der Waals surface area contributed by atoms with E-state index in [2.05, 4.69) is 15.4 Å². The molecule has 0 fully saturated rings. The third-order valence-electron chi connectivity index (χ3n) is 3.54. The molecule has 0 spiro atoms. The van der Waals surface area contributed by atoms with Gasteiger partial charge in [-0.3, -0.25) is 9.67 Å². The van der Waals surface area contributed by atoms with Gasteiger partial charge in [0.15, 0.2) is 5.69 Å². The number of nitrogens with one attached hydrogen (secondary N) is 1. The van der Waals surface area contributed by atoms with Gasteiger partial charge < -0.3 is 5.32 Å². The normalized spacial score (nSPS) is 13.6. The van der Waals surface area contributed by atoms with Crippen LogP contribution in [0.15, 0.2) is 30.7 Å². The molecule has 4 nitrogen and oxygen atoms in total. The van der Waals surface area contributed by atoms with Crippen LogP contribution >= 0.6 is 11.3 Å². The van der Waals surface area contributed by atoms with Gasteiger partial charge in [-0.25, -0.2) is 0 Å². The van der Waals surface area contributed by atoms with Crippen molar-refractivity contribution >= 4 is 21.4 Å². The molecule has 3 aromatic heterocycles. The Labute approximate surface area is 135 Å². The van der Waals surface area contributed by atoms with Crippen molar-refractivity contribution < 1.29 is 13.2 Å². The van der Waals surface area contributed by atoms with Crippen molar-refractivity contribution in [2.75, 3.05) is 0 Å². The first kappa shape index (κ1) is 15.9. The molecule has 0 aliphatic rings. The van der Waals surface area contributed by atoms with Crippen LogP contribution in [-0.2, 0) is 19.8 Å². The Kier molecular flexibility index (Phi) is 4.11. The number of fused-ring (bicyclic) bond motifs is 1. The molecular weight excluding hydrogens is 325 g/mol. The lowest BCUT2D eigenvalue weighted by molar-refractivity contribution is -0.142. The van der Waals surface area contributed by atoms with Crippen molar-refractivity contribution in [3.8, 4) is 0 Å². The Hall–Kier alpha value is -1.93. The lowest BCUT2D eigenvalue weighted by Gasteiger charge is -2.12. The molecule has 3 heterocycles. The van der Waals surface area contributed by atoms with Crippen molar-refractivity contribution in [2.45, 2.75) is 25.7 Å². The van der Waals surface area contributed by atoms with Crippen molar-refractivity contribution in [1.29, 1.82) is 0 Å². The van der Waals surface area contributed by atoms with E-state index in [0.29, 0.717) is 0 Å². The van der Waals surface area contributed by atoms with Gasteiger partial charge in [-0.2, -0.15) is 18.3 Å². The lowest BCUT2D eigenvalue weighted by Crippen LogP contribution is -2.19. The standard InChI is InChI=1S/C15H15F3N4S/c1-9(12-5-10-3-4-19-7-13(10)23-12)20-6-11-8-22(2)21-14(11)15(16,17)18/h3-5,7-9,20H,6H2,1-2H3. The van der Waals surface area contributed by atoms with Crippen molar-refractivity contribution in [3.63, 3.8) is 0 Å². The second-order valence-electron chi connectivity index (χ2n) is 5.34. The predicted octanol–water partition coefficient (Wildman–Crippen LogP) is 3.90. The summed E-state index contributed by atoms with van der Waals surface area (Å²) in [6.45, 7) is 2.04. The summed E-state index contributed by atoms with van der Waals surface area (Å²) in [5.74, 6) is 0. The molecule has 1 atom stereocenters. The van der Waals surface area contributed by atoms with Crippen molar-refractivity contribution in [3.05, 3.63) is 46.9 Å². The molecule has 1 unspecified atom stereocenters. The Bertz CT molecular complexity index is 789. The number of pyridine rings is 1. The number of rotatable bonds is 4. The van der Waals surface area contributed by atoms with Gasteiger partial charge in [-0.05, 0) is 24.4 Å². The molecule has 0 aromatic carbocycles. The van der Waals surface area contributed by atoms with Crippen LogP contribution in [0.3, 0.4) is 0 Å². The maximum Gasteiger partial charge on any atom is 0.435 e. The van der Waals surface area contributed by atoms with Gasteiger partial charge in [0.25, 0.3) is 0 Å². The molecule has 0 saturated heterocycles. The lowest BCUT2D eigenvalue weighted by atomic mass is 10.2. The van der Waals surface area contributed by atoms with Crippen LogP contribution in [0.5, 0.6) is 0 Å². The van der Waals surface area contributed by atoms with E-state index in [1.807, 2.05) is 19.1 Å². The molecule has 0 bridgehead atoms. The molecule has 0 aliphatic carbocycles. The fraction of sp³-hybridized carbons (Fsp3) is 0.333. The van der Waals surface area contributed by atoms with Gasteiger partial charge in [-0.1, -0.05) is 0 Å². The molecule has 0 amide bonds. The summed E-state index contributed by atoms with van der Waals surface area (Å²) in [5, 5.41) is 7.74. The molecule has 122 valence electrons. The minimum atomic E-state index is -4.44. The fourth-order valence-electron chi connectivity index (χ4n) is 2.39. The van der Waals surface area contributed by atoms with Gasteiger partial charge in [0.05, 0.1) is 4.70 Å². The molecule has 0 saturated carbocycles. The third-order valence-corrected chi connectivity index (χ3v) is 4.81. The predicted molar refractivity (Wildman–Crippen MR) is 83.1 cm³/mol. The number of halogens is 3. The number of thiophene rings is 1. The van der Waals surface area contributed by atoms with Gasteiger partial charge in [0.1, 0.15) is 0 Å². The largest absolute Gasteiger partial charge is 0.435 e. The van der Waals surface area contributed by atoms with Crippen LogP contribution in [0, 0.1) is 0 Å². The molecule has 8 heteroatoms. The first-order valence-corrected chi connectivity index (χ1v) is 7.83. The molecule has 23 heavy (non-hydrogen) atoms. The Morgan fingerprint density at radius 3 is 2.87 bits per heavy atom. The van der Waals surface area contributed by atoms with Crippen molar-refractivity contribution in [2.24, 2.45) is 7.05 Å². The highest BCUT2D eigenvalue weighted by atomic mass is 32.1. The van der Waals surface area contributed by atoms with E-state index >= 15 is 0 Å². The second-order valence-corrected chi connectivity index (χ2v) is 6.45. The van der Waals surface area contributed by atoms with E-state index in [9.17, 15) is 13.2 Å². The van der Waals surface area contributed by atoms with Crippen LogP contribution < -0.4 is 5.32 Å². The second kappa shape index (κ2) is 5.93. The number of hydrogen-bond acceptors (Lipinski definition) is 4. The number of nitrogens with zero attached hydrogens (tertiary/aromatic N) is 3. The molecule has 1 N–H and O–H groups in total. The fourth-order valence-corrected chi connectivity index (χ4v) is 3.45. The number of alkyl halides is 3. The SMILES string of the molecule is CC(NCc1cn(C)nc1C(F)(F)F)c1cc2ccncc2s1. The third kappa shape index (κ3) is 3.37. The summed E-state index contributed by atoms with van der Waals surface area (Å²) < 4.78 is 41.1. The highest BCUT2D eigenvalue weighted by Crippen LogP contribution is 2.32. The highest BCUT2D eigenvalue weighted by Gasteiger charge is 2.36. The maximum absolute atomic E-state index is 12.9. The van der Waals surface area contributed by atoms with Crippen LogP contribution in [0.25, 0.3) is 10.1 Å². The van der Waals surface area contributed by atoms with E-state index in [0.717, 1.165) is 15.0 Å². The smallest absolute Gasteiger partial charge is 0.305 e. The molecular formula is C15H15F3N4S. The Morgan fingerprint density at radius 2 is 2.17 bits per heavy atom. The minimum Gasteiger partial charge on any atom is -0.305 e. The molecule has 0 radical (unpaired) electrons. The molecule has 3 rings (SSSR count). The summed E-state index contributed by atoms with van der Waals surface area (Å²) in [4.78, 5) is 5.14. The van der Waals surface area contributed by atoms with Gasteiger partial charge in [0, 0.05) is 48.7 Å². The van der Waals surface area contributed by atoms with Gasteiger partial charge in [-0.15, -0.1) is 11.3 Å². The molecule has 0 aliphatic heterocycles. The van der Waals surface area contributed by atoms with Crippen molar-refractivity contribution in [1.82, 2.24) is 20.1 Å². The number of aromatic nitrogens is 3. The van der Waals surface area contributed by atoms with E-state index in [1.54, 1.807) is 23.7 Å². The average Bonchev–Trinajstić information content (AvgIpc) is 3.07. The average molecular weight is 340 g/mol. The van der Waals surface area contributed by atoms with E-state index in [-0.39, 0.29) is 18.2 Å². The number of hydrogen-bond donors (Lipinski definition) is 1. The first-order valence-electron chi connectivity index (χ1n) is 7.01. The van der Waals surface area contributed by atoms with Gasteiger partial charge >= 0.3 is 6.18 Å². The van der Waals surface area contributed by atoms with Crippen LogP contribution in [-0.4, -0.2) is 14.8 Å². The summed E-state index contributed by atoms with van der Waals surface area (Å²) >= 11 is 1.59. The van der Waals surface area contributed by atoms with E-state index in [1.165, 1.54) is 17.9 Å². The van der Waals surface area contributed by atoms with Gasteiger partial charge in [0.2, 0.25) is 0 Å². The maximum atomic E-state index is 12.9. The monoisotopic (exact) mass is 340 g/mol. The number of aryl methyl sites for hydroxylation is 1. The summed E-state index contributed by atoms with van der Waals surface area (Å²) in [5.41, 5.74) is -0.685. The Balaban J connectivity index is 1.75. The zero-order valence-corrected chi connectivity index (χ0v) is 13.4. The van der Waals surface area contributed by atoms with Crippen LogP contribution in [0.2, 0.25) is 0 Å².